The van der Waals surface area contributed by atoms with E-state index in [2.05, 4.69) is 5.32 Å². The van der Waals surface area contributed by atoms with E-state index < -0.39 is 28.5 Å². The van der Waals surface area contributed by atoms with E-state index in [4.69, 9.17) is 4.74 Å². The van der Waals surface area contributed by atoms with Crippen molar-refractivity contribution in [1.29, 1.82) is 0 Å². The van der Waals surface area contributed by atoms with Gasteiger partial charge in [0.1, 0.15) is 18.3 Å². The molecule has 39 heavy (non-hydrogen) atoms. The Kier molecular flexibility index (Phi) is 10.1. The zero-order chi connectivity index (χ0) is 28.6. The zero-order valence-corrected chi connectivity index (χ0v) is 23.9. The third kappa shape index (κ3) is 7.38. The summed E-state index contributed by atoms with van der Waals surface area (Å²) in [6.45, 7) is 7.12. The Morgan fingerprint density at radius 2 is 1.62 bits per heavy atom. The molecule has 3 aromatic carbocycles. The third-order valence-electron chi connectivity index (χ3n) is 6.22. The Hall–Kier alpha value is -3.85. The lowest BCUT2D eigenvalue weighted by Crippen LogP contribution is -2.53. The van der Waals surface area contributed by atoms with Crippen molar-refractivity contribution >= 4 is 27.5 Å². The van der Waals surface area contributed by atoms with Gasteiger partial charge in [0.05, 0.1) is 17.7 Å². The molecule has 0 unspecified atom stereocenters. The van der Waals surface area contributed by atoms with E-state index in [9.17, 15) is 18.0 Å². The number of nitrogens with one attached hydrogen (secondary N) is 1. The monoisotopic (exact) mass is 551 g/mol. The normalized spacial score (nSPS) is 12.1. The Morgan fingerprint density at radius 1 is 0.949 bits per heavy atom. The first-order chi connectivity index (χ1) is 18.6. The summed E-state index contributed by atoms with van der Waals surface area (Å²) in [6.07, 6.45) is 0.357. The van der Waals surface area contributed by atoms with Crippen LogP contribution in [0.4, 0.5) is 5.69 Å². The maximum absolute atomic E-state index is 14.1. The van der Waals surface area contributed by atoms with Crippen molar-refractivity contribution in [2.45, 2.75) is 57.6 Å². The lowest BCUT2D eigenvalue weighted by atomic mass is 10.1. The van der Waals surface area contributed by atoms with Crippen molar-refractivity contribution in [3.63, 3.8) is 0 Å². The van der Waals surface area contributed by atoms with Gasteiger partial charge in [-0.1, -0.05) is 67.1 Å². The van der Waals surface area contributed by atoms with E-state index in [1.165, 1.54) is 24.1 Å². The van der Waals surface area contributed by atoms with Gasteiger partial charge in [-0.25, -0.2) is 8.42 Å². The molecule has 1 N–H and O–H groups in total. The standard InChI is InChI=1S/C30H37N3O5S/c1-6-26(30(35)31-22(2)3)32(20-24-14-12-13-23(4)19-24)29(34)21-33(27-17-10-11-18-28(27)38-5)39(36,37)25-15-8-7-9-16-25/h7-19,22,26H,6,20-21H2,1-5H3,(H,31,35)/t26-/m0/s1. The quantitative estimate of drug-likeness (QED) is 0.357. The Bertz CT molecular complexity index is 1380. The Morgan fingerprint density at radius 3 is 2.23 bits per heavy atom. The molecule has 0 heterocycles. The van der Waals surface area contributed by atoms with Gasteiger partial charge in [0, 0.05) is 12.6 Å². The first-order valence-electron chi connectivity index (χ1n) is 12.9. The van der Waals surface area contributed by atoms with Crippen LogP contribution in [0.15, 0.2) is 83.8 Å². The lowest BCUT2D eigenvalue weighted by Gasteiger charge is -2.34. The van der Waals surface area contributed by atoms with Gasteiger partial charge >= 0.3 is 0 Å². The Balaban J connectivity index is 2.09. The minimum atomic E-state index is -4.16. The van der Waals surface area contributed by atoms with E-state index in [-0.39, 0.29) is 29.1 Å². The predicted molar refractivity (Wildman–Crippen MR) is 153 cm³/mol. The van der Waals surface area contributed by atoms with Gasteiger partial charge in [-0.3, -0.25) is 13.9 Å². The number of para-hydroxylation sites is 2. The summed E-state index contributed by atoms with van der Waals surface area (Å²) < 4.78 is 34.3. The van der Waals surface area contributed by atoms with Crippen molar-refractivity contribution in [3.8, 4) is 5.75 Å². The summed E-state index contributed by atoms with van der Waals surface area (Å²) in [5.41, 5.74) is 2.09. The zero-order valence-electron chi connectivity index (χ0n) is 23.1. The molecular weight excluding hydrogens is 514 g/mol. The van der Waals surface area contributed by atoms with Gasteiger partial charge in [-0.05, 0) is 57.0 Å². The van der Waals surface area contributed by atoms with E-state index in [1.54, 1.807) is 42.5 Å². The average molecular weight is 552 g/mol. The highest BCUT2D eigenvalue weighted by Crippen LogP contribution is 2.32. The van der Waals surface area contributed by atoms with Crippen molar-refractivity contribution in [2.24, 2.45) is 0 Å². The van der Waals surface area contributed by atoms with E-state index in [0.29, 0.717) is 12.2 Å². The molecule has 3 rings (SSSR count). The summed E-state index contributed by atoms with van der Waals surface area (Å²) >= 11 is 0. The predicted octanol–water partition coefficient (Wildman–Crippen LogP) is 4.53. The fourth-order valence-corrected chi connectivity index (χ4v) is 5.82. The van der Waals surface area contributed by atoms with Crippen molar-refractivity contribution in [1.82, 2.24) is 10.2 Å². The molecule has 0 saturated heterocycles. The lowest BCUT2D eigenvalue weighted by molar-refractivity contribution is -0.140. The maximum atomic E-state index is 14.1. The van der Waals surface area contributed by atoms with Crippen LogP contribution in [0.3, 0.4) is 0 Å². The molecule has 0 aliphatic carbocycles. The van der Waals surface area contributed by atoms with Gasteiger partial charge in [0.25, 0.3) is 10.0 Å². The molecule has 8 nitrogen and oxygen atoms in total. The molecule has 3 aromatic rings. The molecular formula is C30H37N3O5S. The number of benzene rings is 3. The van der Waals surface area contributed by atoms with E-state index >= 15 is 0 Å². The number of nitrogens with zero attached hydrogens (tertiary/aromatic N) is 2. The summed E-state index contributed by atoms with van der Waals surface area (Å²) in [4.78, 5) is 28.8. The molecule has 0 spiro atoms. The number of carbonyl (C=O) groups is 2. The number of ether oxygens (including phenoxy) is 1. The summed E-state index contributed by atoms with van der Waals surface area (Å²) in [6, 6.07) is 21.4. The van der Waals surface area contributed by atoms with Crippen LogP contribution < -0.4 is 14.4 Å². The largest absolute Gasteiger partial charge is 0.495 e. The number of hydrogen-bond acceptors (Lipinski definition) is 5. The average Bonchev–Trinajstić information content (AvgIpc) is 2.91. The van der Waals surface area contributed by atoms with E-state index in [0.717, 1.165) is 15.4 Å². The molecule has 2 amide bonds. The molecule has 9 heteroatoms. The number of rotatable bonds is 12. The van der Waals surface area contributed by atoms with Crippen LogP contribution in [0.1, 0.15) is 38.3 Å². The highest BCUT2D eigenvalue weighted by Gasteiger charge is 2.34. The van der Waals surface area contributed by atoms with Crippen LogP contribution in [0.25, 0.3) is 0 Å². The van der Waals surface area contributed by atoms with E-state index in [1.807, 2.05) is 52.0 Å². The van der Waals surface area contributed by atoms with Crippen molar-refractivity contribution < 1.29 is 22.7 Å². The first-order valence-corrected chi connectivity index (χ1v) is 14.4. The Labute approximate surface area is 231 Å². The van der Waals surface area contributed by atoms with Gasteiger partial charge in [0.2, 0.25) is 11.8 Å². The summed E-state index contributed by atoms with van der Waals surface area (Å²) in [5.74, 6) is -0.490. The minimum absolute atomic E-state index is 0.0403. The fourth-order valence-electron chi connectivity index (χ4n) is 4.38. The molecule has 1 atom stereocenters. The number of aryl methyl sites for hydroxylation is 1. The maximum Gasteiger partial charge on any atom is 0.264 e. The second-order valence-electron chi connectivity index (χ2n) is 9.59. The topological polar surface area (TPSA) is 96.0 Å². The van der Waals surface area contributed by atoms with Gasteiger partial charge < -0.3 is 15.0 Å². The molecule has 208 valence electrons. The second-order valence-corrected chi connectivity index (χ2v) is 11.5. The summed E-state index contributed by atoms with van der Waals surface area (Å²) in [7, 11) is -2.72. The molecule has 0 aliphatic heterocycles. The van der Waals surface area contributed by atoms with Crippen LogP contribution in [0.2, 0.25) is 0 Å². The van der Waals surface area contributed by atoms with Crippen LogP contribution >= 0.6 is 0 Å². The van der Waals surface area contributed by atoms with Crippen molar-refractivity contribution in [2.75, 3.05) is 18.0 Å². The molecule has 0 saturated carbocycles. The minimum Gasteiger partial charge on any atom is -0.495 e. The number of carbonyl (C=O) groups excluding carboxylic acids is 2. The number of sulfonamides is 1. The third-order valence-corrected chi connectivity index (χ3v) is 7.99. The molecule has 0 aromatic heterocycles. The van der Waals surface area contributed by atoms with Crippen molar-refractivity contribution in [3.05, 3.63) is 90.0 Å². The first kappa shape index (κ1) is 29.7. The van der Waals surface area contributed by atoms with Crippen LogP contribution in [-0.2, 0) is 26.2 Å². The fraction of sp³-hybridized carbons (Fsp3) is 0.333. The molecule has 0 aliphatic rings. The van der Waals surface area contributed by atoms with Crippen LogP contribution in [-0.4, -0.2) is 50.9 Å². The SMILES string of the molecule is CC[C@@H](C(=O)NC(C)C)N(Cc1cccc(C)c1)C(=O)CN(c1ccccc1OC)S(=O)(=O)c1ccccc1. The number of hydrogen-bond donors (Lipinski definition) is 1. The molecule has 0 radical (unpaired) electrons. The van der Waals surface area contributed by atoms with Crippen LogP contribution in [0.5, 0.6) is 5.75 Å². The van der Waals surface area contributed by atoms with Gasteiger partial charge in [-0.15, -0.1) is 0 Å². The molecule has 0 bridgehead atoms. The number of anilines is 1. The second kappa shape index (κ2) is 13.3. The number of methoxy groups -OCH3 is 1. The highest BCUT2D eigenvalue weighted by molar-refractivity contribution is 7.92. The highest BCUT2D eigenvalue weighted by atomic mass is 32.2. The van der Waals surface area contributed by atoms with Crippen LogP contribution in [0, 0.1) is 6.92 Å². The van der Waals surface area contributed by atoms with Gasteiger partial charge in [0.15, 0.2) is 0 Å². The molecule has 0 fully saturated rings. The summed E-state index contributed by atoms with van der Waals surface area (Å²) in [5, 5.41) is 2.90. The van der Waals surface area contributed by atoms with Gasteiger partial charge in [-0.2, -0.15) is 0 Å². The number of amides is 2. The smallest absolute Gasteiger partial charge is 0.264 e.